The summed E-state index contributed by atoms with van der Waals surface area (Å²) in [5.74, 6) is -0.191. The predicted molar refractivity (Wildman–Crippen MR) is 94.6 cm³/mol. The van der Waals surface area contributed by atoms with Crippen LogP contribution in [0.5, 0.6) is 0 Å². The van der Waals surface area contributed by atoms with Gasteiger partial charge in [0.15, 0.2) is 0 Å². The third kappa shape index (κ3) is 4.40. The van der Waals surface area contributed by atoms with Crippen LogP contribution >= 0.6 is 0 Å². The van der Waals surface area contributed by atoms with E-state index in [9.17, 15) is 4.39 Å². The highest BCUT2D eigenvalue weighted by atomic mass is 19.1. The van der Waals surface area contributed by atoms with E-state index < -0.39 is 0 Å². The number of benzene rings is 2. The second-order valence-electron chi connectivity index (χ2n) is 6.10. The number of halogens is 1. The van der Waals surface area contributed by atoms with Gasteiger partial charge in [-0.25, -0.2) is 4.39 Å². The van der Waals surface area contributed by atoms with E-state index in [1.165, 1.54) is 23.3 Å². The second kappa shape index (κ2) is 7.38. The molecule has 2 aromatic rings. The fourth-order valence-electron chi connectivity index (χ4n) is 2.84. The molecule has 1 aliphatic heterocycles. The Hall–Kier alpha value is -2.19. The number of aryl methyl sites for hydroxylation is 1. The van der Waals surface area contributed by atoms with Crippen molar-refractivity contribution >= 4 is 6.08 Å². The molecule has 0 fully saturated rings. The van der Waals surface area contributed by atoms with Gasteiger partial charge in [-0.1, -0.05) is 66.3 Å². The van der Waals surface area contributed by atoms with Gasteiger partial charge in [0.05, 0.1) is 0 Å². The van der Waals surface area contributed by atoms with Crippen molar-refractivity contribution in [2.24, 2.45) is 0 Å². The van der Waals surface area contributed by atoms with Crippen LogP contribution in [-0.2, 0) is 6.54 Å². The van der Waals surface area contributed by atoms with E-state index in [-0.39, 0.29) is 5.82 Å². The molecule has 0 radical (unpaired) electrons. The standard InChI is InChI=1S/C21H22FN/c1-17-5-7-19(8-6-17)16-23-15-3-2-4-21(23)14-11-18-9-12-20(22)13-10-18/h2-3,5-14,21H,4,15-16H2,1H3. The van der Waals surface area contributed by atoms with E-state index in [0.29, 0.717) is 6.04 Å². The SMILES string of the molecule is Cc1ccc(CN2CC=CCC2C=Cc2ccc(F)cc2)cc1. The van der Waals surface area contributed by atoms with Crippen LogP contribution in [0.2, 0.25) is 0 Å². The topological polar surface area (TPSA) is 3.24 Å². The maximum atomic E-state index is 13.0. The first-order valence-electron chi connectivity index (χ1n) is 8.09. The van der Waals surface area contributed by atoms with Gasteiger partial charge >= 0.3 is 0 Å². The molecular formula is C21H22FN. The largest absolute Gasteiger partial charge is 0.289 e. The Kier molecular flexibility index (Phi) is 5.04. The van der Waals surface area contributed by atoms with Gasteiger partial charge in [0, 0.05) is 19.1 Å². The van der Waals surface area contributed by atoms with Crippen LogP contribution in [0.25, 0.3) is 6.08 Å². The molecule has 1 atom stereocenters. The monoisotopic (exact) mass is 307 g/mol. The fourth-order valence-corrected chi connectivity index (χ4v) is 2.84. The van der Waals surface area contributed by atoms with Crippen LogP contribution in [0.15, 0.2) is 66.8 Å². The van der Waals surface area contributed by atoms with Gasteiger partial charge in [-0.3, -0.25) is 4.90 Å². The van der Waals surface area contributed by atoms with Crippen molar-refractivity contribution in [1.29, 1.82) is 0 Å². The molecule has 3 rings (SSSR count). The van der Waals surface area contributed by atoms with Crippen LogP contribution in [0.4, 0.5) is 4.39 Å². The van der Waals surface area contributed by atoms with Gasteiger partial charge < -0.3 is 0 Å². The van der Waals surface area contributed by atoms with Crippen molar-refractivity contribution in [1.82, 2.24) is 4.90 Å². The maximum Gasteiger partial charge on any atom is 0.123 e. The van der Waals surface area contributed by atoms with E-state index in [4.69, 9.17) is 0 Å². The summed E-state index contributed by atoms with van der Waals surface area (Å²) in [7, 11) is 0. The van der Waals surface area contributed by atoms with E-state index in [2.05, 4.69) is 60.4 Å². The predicted octanol–water partition coefficient (Wildman–Crippen LogP) is 4.98. The van der Waals surface area contributed by atoms with Crippen molar-refractivity contribution < 1.29 is 4.39 Å². The highest BCUT2D eigenvalue weighted by Gasteiger charge is 2.16. The lowest BCUT2D eigenvalue weighted by molar-refractivity contribution is 0.236. The maximum absolute atomic E-state index is 13.0. The van der Waals surface area contributed by atoms with Gasteiger partial charge in [-0.05, 0) is 36.6 Å². The molecule has 0 amide bonds. The van der Waals surface area contributed by atoms with Gasteiger partial charge in [-0.2, -0.15) is 0 Å². The smallest absolute Gasteiger partial charge is 0.123 e. The third-order valence-electron chi connectivity index (χ3n) is 4.24. The lowest BCUT2D eigenvalue weighted by Crippen LogP contribution is -2.35. The fraction of sp³-hybridized carbons (Fsp3) is 0.238. The zero-order valence-corrected chi connectivity index (χ0v) is 13.5. The molecule has 0 N–H and O–H groups in total. The molecule has 1 heterocycles. The molecule has 0 aromatic heterocycles. The first-order chi connectivity index (χ1) is 11.2. The summed E-state index contributed by atoms with van der Waals surface area (Å²) in [6.07, 6.45) is 9.81. The van der Waals surface area contributed by atoms with Crippen LogP contribution in [0.3, 0.4) is 0 Å². The van der Waals surface area contributed by atoms with E-state index >= 15 is 0 Å². The molecule has 1 nitrogen and oxygen atoms in total. The molecule has 118 valence electrons. The quantitative estimate of drug-likeness (QED) is 0.720. The Labute approximate surface area is 137 Å². The lowest BCUT2D eigenvalue weighted by atomic mass is 10.0. The molecule has 2 heteroatoms. The Morgan fingerprint density at radius 2 is 1.78 bits per heavy atom. The molecule has 23 heavy (non-hydrogen) atoms. The Bertz CT molecular complexity index is 683. The first-order valence-corrected chi connectivity index (χ1v) is 8.09. The number of hydrogen-bond acceptors (Lipinski definition) is 1. The normalized spacial score (nSPS) is 18.6. The Balaban J connectivity index is 1.70. The average Bonchev–Trinajstić information content (AvgIpc) is 2.58. The molecule has 1 aliphatic rings. The summed E-state index contributed by atoms with van der Waals surface area (Å²) >= 11 is 0. The zero-order valence-electron chi connectivity index (χ0n) is 13.5. The molecule has 0 saturated heterocycles. The van der Waals surface area contributed by atoms with E-state index in [1.54, 1.807) is 0 Å². The summed E-state index contributed by atoms with van der Waals surface area (Å²) < 4.78 is 13.0. The van der Waals surface area contributed by atoms with Gasteiger partial charge in [0.25, 0.3) is 0 Å². The van der Waals surface area contributed by atoms with Gasteiger partial charge in [-0.15, -0.1) is 0 Å². The molecule has 0 aliphatic carbocycles. The van der Waals surface area contributed by atoms with E-state index in [0.717, 1.165) is 25.1 Å². The Morgan fingerprint density at radius 3 is 2.52 bits per heavy atom. The van der Waals surface area contributed by atoms with Crippen molar-refractivity contribution in [3.63, 3.8) is 0 Å². The molecule has 0 saturated carbocycles. The third-order valence-corrected chi connectivity index (χ3v) is 4.24. The van der Waals surface area contributed by atoms with Crippen LogP contribution in [0.1, 0.15) is 23.1 Å². The number of rotatable bonds is 4. The molecular weight excluding hydrogens is 285 g/mol. The Morgan fingerprint density at radius 1 is 1.04 bits per heavy atom. The highest BCUT2D eigenvalue weighted by Crippen LogP contribution is 2.18. The minimum Gasteiger partial charge on any atom is -0.289 e. The lowest BCUT2D eigenvalue weighted by Gasteiger charge is -2.31. The minimum absolute atomic E-state index is 0.191. The van der Waals surface area contributed by atoms with Gasteiger partial charge in [0.1, 0.15) is 5.82 Å². The first kappa shape index (κ1) is 15.7. The average molecular weight is 307 g/mol. The summed E-state index contributed by atoms with van der Waals surface area (Å²) in [4.78, 5) is 2.46. The summed E-state index contributed by atoms with van der Waals surface area (Å²) in [6.45, 7) is 4.02. The number of hydrogen-bond donors (Lipinski definition) is 0. The van der Waals surface area contributed by atoms with Crippen molar-refractivity contribution in [3.8, 4) is 0 Å². The molecule has 0 spiro atoms. The van der Waals surface area contributed by atoms with Crippen molar-refractivity contribution in [2.75, 3.05) is 6.54 Å². The summed E-state index contributed by atoms with van der Waals surface area (Å²) in [5.41, 5.74) is 3.67. The van der Waals surface area contributed by atoms with E-state index in [1.807, 2.05) is 12.1 Å². The molecule has 1 unspecified atom stereocenters. The number of nitrogens with zero attached hydrogens (tertiary/aromatic N) is 1. The van der Waals surface area contributed by atoms with Crippen LogP contribution in [-0.4, -0.2) is 17.5 Å². The zero-order chi connectivity index (χ0) is 16.1. The second-order valence-corrected chi connectivity index (χ2v) is 6.10. The summed E-state index contributed by atoms with van der Waals surface area (Å²) in [6, 6.07) is 15.8. The highest BCUT2D eigenvalue weighted by molar-refractivity contribution is 5.49. The van der Waals surface area contributed by atoms with Crippen molar-refractivity contribution in [3.05, 3.63) is 89.3 Å². The molecule has 0 bridgehead atoms. The molecule has 2 aromatic carbocycles. The van der Waals surface area contributed by atoms with Gasteiger partial charge in [0.2, 0.25) is 0 Å². The van der Waals surface area contributed by atoms with Crippen LogP contribution in [0, 0.1) is 12.7 Å². The van der Waals surface area contributed by atoms with Crippen LogP contribution < -0.4 is 0 Å². The summed E-state index contributed by atoms with van der Waals surface area (Å²) in [5, 5.41) is 0. The minimum atomic E-state index is -0.191. The van der Waals surface area contributed by atoms with Crippen molar-refractivity contribution in [2.45, 2.75) is 25.9 Å².